The largest absolute Gasteiger partial charge is 0.479 e. The van der Waals surface area contributed by atoms with E-state index in [9.17, 15) is 17.2 Å². The molecular weight excluding hydrogens is 440 g/mol. The van der Waals surface area contributed by atoms with Crippen LogP contribution in [0, 0.1) is 11.6 Å². The number of ether oxygens (including phenoxy) is 2. The predicted molar refractivity (Wildman–Crippen MR) is 116 cm³/mol. The molecule has 7 nitrogen and oxygen atoms in total. The van der Waals surface area contributed by atoms with Crippen LogP contribution in [0.2, 0.25) is 0 Å². The average molecular weight is 459 g/mol. The van der Waals surface area contributed by atoms with E-state index in [4.69, 9.17) is 14.6 Å². The Morgan fingerprint density at radius 2 is 1.81 bits per heavy atom. The average Bonchev–Trinajstić information content (AvgIpc) is 3.06. The SMILES string of the molecule is COc1nccc2c(-c3cc(CS(N)(=O)=O)ccc3Oc3ccc(F)cc3F)cn(C)c12. The number of nitrogens with zero attached hydrogens (tertiary/aromatic N) is 2. The Hall–Kier alpha value is -3.50. The van der Waals surface area contributed by atoms with Crippen molar-refractivity contribution in [2.24, 2.45) is 12.2 Å². The van der Waals surface area contributed by atoms with Crippen LogP contribution in [0.1, 0.15) is 5.56 Å². The van der Waals surface area contributed by atoms with E-state index in [1.807, 2.05) is 11.6 Å². The van der Waals surface area contributed by atoms with E-state index in [2.05, 4.69) is 4.98 Å². The van der Waals surface area contributed by atoms with Gasteiger partial charge in [0.05, 0.1) is 12.9 Å². The summed E-state index contributed by atoms with van der Waals surface area (Å²) >= 11 is 0. The van der Waals surface area contributed by atoms with Gasteiger partial charge >= 0.3 is 0 Å². The normalized spacial score (nSPS) is 11.7. The molecule has 4 rings (SSSR count). The number of halogens is 2. The number of aromatic nitrogens is 2. The second-order valence-corrected chi connectivity index (χ2v) is 8.80. The minimum absolute atomic E-state index is 0.175. The number of rotatable bonds is 6. The van der Waals surface area contributed by atoms with E-state index >= 15 is 0 Å². The van der Waals surface area contributed by atoms with Crippen LogP contribution in [0.5, 0.6) is 17.4 Å². The first-order valence-corrected chi connectivity index (χ1v) is 11.1. The molecule has 0 fully saturated rings. The maximum absolute atomic E-state index is 14.2. The fourth-order valence-corrected chi connectivity index (χ4v) is 4.20. The van der Waals surface area contributed by atoms with Crippen molar-refractivity contribution in [3.63, 3.8) is 0 Å². The number of methoxy groups -OCH3 is 1. The van der Waals surface area contributed by atoms with Crippen LogP contribution >= 0.6 is 0 Å². The van der Waals surface area contributed by atoms with E-state index in [1.54, 1.807) is 24.5 Å². The van der Waals surface area contributed by atoms with Crippen LogP contribution < -0.4 is 14.6 Å². The number of nitrogens with two attached hydrogens (primary N) is 1. The van der Waals surface area contributed by atoms with Crippen molar-refractivity contribution >= 4 is 20.9 Å². The summed E-state index contributed by atoms with van der Waals surface area (Å²) in [6, 6.07) is 9.43. The zero-order valence-electron chi connectivity index (χ0n) is 17.2. The fourth-order valence-electron chi connectivity index (χ4n) is 3.56. The van der Waals surface area contributed by atoms with Gasteiger partial charge in [-0.2, -0.15) is 0 Å². The lowest BCUT2D eigenvalue weighted by Gasteiger charge is -2.13. The smallest absolute Gasteiger partial charge is 0.238 e. The number of aryl methyl sites for hydroxylation is 1. The molecule has 10 heteroatoms. The molecule has 0 saturated carbocycles. The molecule has 166 valence electrons. The number of pyridine rings is 1. The van der Waals surface area contributed by atoms with Gasteiger partial charge in [0, 0.05) is 42.0 Å². The van der Waals surface area contributed by atoms with Crippen LogP contribution in [-0.4, -0.2) is 25.1 Å². The van der Waals surface area contributed by atoms with Crippen LogP contribution in [0.15, 0.2) is 54.9 Å². The van der Waals surface area contributed by atoms with E-state index < -0.39 is 21.7 Å². The maximum atomic E-state index is 14.2. The molecule has 0 atom stereocenters. The lowest BCUT2D eigenvalue weighted by Crippen LogP contribution is -2.14. The van der Waals surface area contributed by atoms with Crippen LogP contribution in [-0.2, 0) is 22.8 Å². The second kappa shape index (κ2) is 8.21. The van der Waals surface area contributed by atoms with Crippen molar-refractivity contribution < 1.29 is 26.7 Å². The summed E-state index contributed by atoms with van der Waals surface area (Å²) < 4.78 is 63.7. The molecule has 2 aromatic heterocycles. The molecule has 0 aliphatic carbocycles. The fraction of sp³-hybridized carbons (Fsp3) is 0.136. The summed E-state index contributed by atoms with van der Waals surface area (Å²) in [4.78, 5) is 4.21. The molecule has 0 bridgehead atoms. The Bertz CT molecular complexity index is 1430. The summed E-state index contributed by atoms with van der Waals surface area (Å²) in [6.45, 7) is 0. The maximum Gasteiger partial charge on any atom is 0.238 e. The molecule has 4 aromatic rings. The Balaban J connectivity index is 1.92. The van der Waals surface area contributed by atoms with Gasteiger partial charge in [-0.25, -0.2) is 27.3 Å². The quantitative estimate of drug-likeness (QED) is 0.468. The van der Waals surface area contributed by atoms with Gasteiger partial charge in [0.15, 0.2) is 11.6 Å². The summed E-state index contributed by atoms with van der Waals surface area (Å²) in [5, 5.41) is 5.97. The van der Waals surface area contributed by atoms with E-state index in [-0.39, 0.29) is 17.3 Å². The van der Waals surface area contributed by atoms with Gasteiger partial charge < -0.3 is 14.0 Å². The van der Waals surface area contributed by atoms with E-state index in [0.29, 0.717) is 28.1 Å². The van der Waals surface area contributed by atoms with Crippen molar-refractivity contribution in [3.05, 3.63) is 72.1 Å². The summed E-state index contributed by atoms with van der Waals surface area (Å²) in [7, 11) is -0.468. The van der Waals surface area contributed by atoms with Gasteiger partial charge in [0.1, 0.15) is 17.1 Å². The van der Waals surface area contributed by atoms with Gasteiger partial charge in [0.2, 0.25) is 15.9 Å². The lowest BCUT2D eigenvalue weighted by atomic mass is 10.0. The van der Waals surface area contributed by atoms with E-state index in [1.165, 1.54) is 25.3 Å². The molecule has 0 amide bonds. The Morgan fingerprint density at radius 1 is 1.06 bits per heavy atom. The molecular formula is C22H19F2N3O4S. The third kappa shape index (κ3) is 4.27. The number of benzene rings is 2. The van der Waals surface area contributed by atoms with Crippen molar-refractivity contribution in [1.82, 2.24) is 9.55 Å². The Labute approximate surface area is 183 Å². The van der Waals surface area contributed by atoms with Crippen molar-refractivity contribution in [2.75, 3.05) is 7.11 Å². The zero-order valence-corrected chi connectivity index (χ0v) is 18.0. The molecule has 2 aromatic carbocycles. The Kier molecular flexibility index (Phi) is 5.57. The van der Waals surface area contributed by atoms with Gasteiger partial charge in [0.25, 0.3) is 0 Å². The van der Waals surface area contributed by atoms with E-state index in [0.717, 1.165) is 17.5 Å². The van der Waals surface area contributed by atoms with Gasteiger partial charge in [-0.3, -0.25) is 0 Å². The van der Waals surface area contributed by atoms with Crippen molar-refractivity contribution in [1.29, 1.82) is 0 Å². The molecule has 2 N–H and O–H groups in total. The Morgan fingerprint density at radius 3 is 2.50 bits per heavy atom. The van der Waals surface area contributed by atoms with Gasteiger partial charge in [-0.15, -0.1) is 0 Å². The number of primary sulfonamides is 1. The highest BCUT2D eigenvalue weighted by molar-refractivity contribution is 7.88. The molecule has 0 radical (unpaired) electrons. The number of hydrogen-bond donors (Lipinski definition) is 1. The molecule has 32 heavy (non-hydrogen) atoms. The first kappa shape index (κ1) is 21.7. The number of hydrogen-bond acceptors (Lipinski definition) is 5. The summed E-state index contributed by atoms with van der Waals surface area (Å²) in [5.41, 5.74) is 2.30. The molecule has 0 aliphatic rings. The predicted octanol–water partition coefficient (Wildman–Crippen LogP) is 4.11. The standard InChI is InChI=1S/C22H19F2N3O4S/c1-27-11-17(15-7-8-26-22(30-2)21(15)27)16-9-13(12-32(25,28)29)3-5-19(16)31-20-6-4-14(23)10-18(20)24/h3-11H,12H2,1-2H3,(H2,25,28,29). The lowest BCUT2D eigenvalue weighted by molar-refractivity contribution is 0.401. The van der Waals surface area contributed by atoms with Crippen LogP contribution in [0.25, 0.3) is 22.0 Å². The molecule has 0 unspecified atom stereocenters. The number of fused-ring (bicyclic) bond motifs is 1. The highest BCUT2D eigenvalue weighted by Gasteiger charge is 2.19. The molecule has 0 spiro atoms. The topological polar surface area (TPSA) is 96.4 Å². The summed E-state index contributed by atoms with van der Waals surface area (Å²) in [6.07, 6.45) is 3.39. The first-order valence-electron chi connectivity index (χ1n) is 9.41. The van der Waals surface area contributed by atoms with Crippen LogP contribution in [0.3, 0.4) is 0 Å². The highest BCUT2D eigenvalue weighted by Crippen LogP contribution is 2.41. The first-order chi connectivity index (χ1) is 15.2. The number of sulfonamides is 1. The van der Waals surface area contributed by atoms with Crippen molar-refractivity contribution in [3.8, 4) is 28.5 Å². The molecule has 0 saturated heterocycles. The highest BCUT2D eigenvalue weighted by atomic mass is 32.2. The second-order valence-electron chi connectivity index (χ2n) is 7.18. The molecule has 2 heterocycles. The minimum Gasteiger partial charge on any atom is -0.479 e. The van der Waals surface area contributed by atoms with Crippen LogP contribution in [0.4, 0.5) is 8.78 Å². The monoisotopic (exact) mass is 459 g/mol. The van der Waals surface area contributed by atoms with Gasteiger partial charge in [-0.05, 0) is 35.9 Å². The molecule has 0 aliphatic heterocycles. The summed E-state index contributed by atoms with van der Waals surface area (Å²) in [5.74, 6) is -1.51. The zero-order chi connectivity index (χ0) is 23.0. The van der Waals surface area contributed by atoms with Crippen molar-refractivity contribution in [2.45, 2.75) is 5.75 Å². The third-order valence-electron chi connectivity index (χ3n) is 4.87. The third-order valence-corrected chi connectivity index (χ3v) is 5.60. The van der Waals surface area contributed by atoms with Gasteiger partial charge in [-0.1, -0.05) is 6.07 Å². The minimum atomic E-state index is -3.78.